The maximum Gasteiger partial charge on any atom is 0.277 e. The van der Waals surface area contributed by atoms with Crippen molar-refractivity contribution in [2.75, 3.05) is 20.7 Å². The molecule has 2 aromatic heterocycles. The molecule has 0 aliphatic carbocycles. The largest absolute Gasteiger partial charge is 0.493 e. The summed E-state index contributed by atoms with van der Waals surface area (Å²) >= 11 is 0. The van der Waals surface area contributed by atoms with Gasteiger partial charge >= 0.3 is 0 Å². The van der Waals surface area contributed by atoms with Gasteiger partial charge in [-0.1, -0.05) is 13.0 Å². The Hall–Kier alpha value is -3.20. The minimum Gasteiger partial charge on any atom is -0.493 e. The average molecular weight is 441 g/mol. The van der Waals surface area contributed by atoms with Crippen molar-refractivity contribution in [2.24, 2.45) is 0 Å². The molecule has 9 nitrogen and oxygen atoms in total. The molecule has 3 rings (SSSR count). The Morgan fingerprint density at radius 2 is 2.06 bits per heavy atom. The van der Waals surface area contributed by atoms with E-state index in [0.29, 0.717) is 41.5 Å². The van der Waals surface area contributed by atoms with Crippen molar-refractivity contribution in [3.8, 4) is 17.1 Å². The Morgan fingerprint density at radius 1 is 1.31 bits per heavy atom. The Labute approximate surface area is 187 Å². The number of amides is 1. The predicted octanol–water partition coefficient (Wildman–Crippen LogP) is 2.31. The second-order valence-electron chi connectivity index (χ2n) is 8.03. The van der Waals surface area contributed by atoms with Crippen LogP contribution in [0.3, 0.4) is 0 Å². The van der Waals surface area contributed by atoms with Gasteiger partial charge in [0.05, 0.1) is 23.9 Å². The lowest BCUT2D eigenvalue weighted by Gasteiger charge is -2.18. The minimum atomic E-state index is -0.320. The number of carbonyl (C=O) groups excluding carboxylic acids is 1. The summed E-state index contributed by atoms with van der Waals surface area (Å²) in [5.41, 5.74) is 2.52. The number of aromatic nitrogens is 4. The lowest BCUT2D eigenvalue weighted by Crippen LogP contribution is -2.41. The van der Waals surface area contributed by atoms with Gasteiger partial charge < -0.3 is 19.9 Å². The van der Waals surface area contributed by atoms with Crippen LogP contribution < -0.4 is 15.6 Å². The van der Waals surface area contributed by atoms with Gasteiger partial charge in [-0.25, -0.2) is 9.50 Å². The van der Waals surface area contributed by atoms with Gasteiger partial charge in [0, 0.05) is 27.1 Å². The minimum absolute atomic E-state index is 0.00605. The van der Waals surface area contributed by atoms with E-state index in [2.05, 4.69) is 22.2 Å². The summed E-state index contributed by atoms with van der Waals surface area (Å²) in [6.45, 7) is 8.59. The van der Waals surface area contributed by atoms with Gasteiger partial charge in [0.25, 0.3) is 5.56 Å². The summed E-state index contributed by atoms with van der Waals surface area (Å²) in [6, 6.07) is 5.41. The molecule has 0 fully saturated rings. The first-order chi connectivity index (χ1) is 15.3. The average Bonchev–Trinajstić information content (AvgIpc) is 3.08. The van der Waals surface area contributed by atoms with Crippen molar-refractivity contribution in [3.05, 3.63) is 45.6 Å². The number of fused-ring (bicyclic) bond motifs is 1. The number of likely N-dealkylation sites (N-methyl/N-ethyl adjacent to an activating group) is 1. The quantitative estimate of drug-likeness (QED) is 0.529. The molecule has 1 aromatic carbocycles. The van der Waals surface area contributed by atoms with E-state index < -0.39 is 0 Å². The maximum absolute atomic E-state index is 12.9. The number of rotatable bonds is 9. The molecule has 2 N–H and O–H groups in total. The summed E-state index contributed by atoms with van der Waals surface area (Å²) in [4.78, 5) is 34.0. The molecule has 9 heteroatoms. The number of nitrogens with one attached hydrogen (secondary N) is 2. The van der Waals surface area contributed by atoms with Gasteiger partial charge in [-0.05, 0) is 44.9 Å². The molecule has 1 atom stereocenters. The summed E-state index contributed by atoms with van der Waals surface area (Å²) in [5.74, 6) is 1.82. The monoisotopic (exact) mass is 440 g/mol. The zero-order chi connectivity index (χ0) is 23.4. The molecule has 0 saturated heterocycles. The number of hydrogen-bond acceptors (Lipinski definition) is 6. The fourth-order valence-electron chi connectivity index (χ4n) is 3.64. The van der Waals surface area contributed by atoms with Crippen molar-refractivity contribution in [2.45, 2.75) is 53.1 Å². The van der Waals surface area contributed by atoms with Crippen LogP contribution in [0.15, 0.2) is 23.0 Å². The topological polar surface area (TPSA) is 105 Å². The molecule has 0 aliphatic rings. The Balaban J connectivity index is 2.02. The Kier molecular flexibility index (Phi) is 7.29. The maximum atomic E-state index is 12.9. The summed E-state index contributed by atoms with van der Waals surface area (Å²) in [7, 11) is 3.47. The van der Waals surface area contributed by atoms with Gasteiger partial charge in [-0.15, -0.1) is 5.10 Å². The van der Waals surface area contributed by atoms with Crippen LogP contribution in [0, 0.1) is 6.92 Å². The van der Waals surface area contributed by atoms with Crippen LogP contribution in [0.2, 0.25) is 0 Å². The number of aromatic amines is 1. The van der Waals surface area contributed by atoms with Crippen LogP contribution in [-0.2, 0) is 17.8 Å². The van der Waals surface area contributed by atoms with E-state index in [1.165, 1.54) is 0 Å². The predicted molar refractivity (Wildman–Crippen MR) is 124 cm³/mol. The molecule has 32 heavy (non-hydrogen) atoms. The smallest absolute Gasteiger partial charge is 0.277 e. The Morgan fingerprint density at radius 3 is 2.72 bits per heavy atom. The SMILES string of the molecule is CCCc1nc(C)c2c(=O)[nH]c(-c3cc(CN[C@@H](C)C(=O)N(C)C)ccc3OCC)nn12. The molecule has 0 saturated carbocycles. The van der Waals surface area contributed by atoms with E-state index >= 15 is 0 Å². The van der Waals surface area contributed by atoms with E-state index in [9.17, 15) is 9.59 Å². The van der Waals surface area contributed by atoms with Crippen LogP contribution in [0.4, 0.5) is 0 Å². The molecule has 172 valence electrons. The fourth-order valence-corrected chi connectivity index (χ4v) is 3.64. The molecule has 0 radical (unpaired) electrons. The fraction of sp³-hybridized carbons (Fsp3) is 0.478. The number of benzene rings is 1. The van der Waals surface area contributed by atoms with E-state index in [1.807, 2.05) is 39.0 Å². The number of ether oxygens (including phenoxy) is 1. The molecular formula is C23H32N6O3. The second-order valence-corrected chi connectivity index (χ2v) is 8.03. The van der Waals surface area contributed by atoms with Crippen LogP contribution in [-0.4, -0.2) is 57.1 Å². The van der Waals surface area contributed by atoms with Crippen molar-refractivity contribution in [3.63, 3.8) is 0 Å². The van der Waals surface area contributed by atoms with Crippen LogP contribution in [0.1, 0.15) is 44.3 Å². The first-order valence-electron chi connectivity index (χ1n) is 11.0. The van der Waals surface area contributed by atoms with Gasteiger partial charge in [-0.2, -0.15) is 0 Å². The summed E-state index contributed by atoms with van der Waals surface area (Å²) in [6.07, 6.45) is 1.63. The first-order valence-corrected chi connectivity index (χ1v) is 11.0. The highest BCUT2D eigenvalue weighted by Crippen LogP contribution is 2.29. The molecule has 0 unspecified atom stereocenters. The number of nitrogens with zero attached hydrogens (tertiary/aromatic N) is 4. The number of hydrogen-bond donors (Lipinski definition) is 2. The molecule has 2 heterocycles. The van der Waals surface area contributed by atoms with Gasteiger partial charge in [0.15, 0.2) is 11.3 Å². The van der Waals surface area contributed by atoms with Crippen molar-refractivity contribution >= 4 is 11.4 Å². The lowest BCUT2D eigenvalue weighted by molar-refractivity contribution is -0.130. The van der Waals surface area contributed by atoms with Crippen molar-refractivity contribution < 1.29 is 9.53 Å². The highest BCUT2D eigenvalue weighted by atomic mass is 16.5. The van der Waals surface area contributed by atoms with Gasteiger partial charge in [0.1, 0.15) is 11.6 Å². The Bertz CT molecular complexity index is 1160. The zero-order valence-electron chi connectivity index (χ0n) is 19.7. The molecule has 3 aromatic rings. The lowest BCUT2D eigenvalue weighted by atomic mass is 10.1. The highest BCUT2D eigenvalue weighted by Gasteiger charge is 2.18. The molecule has 0 bridgehead atoms. The first kappa shape index (κ1) is 23.5. The standard InChI is InChI=1S/C23H32N6O3/c1-7-9-19-25-14(3)20-22(30)26-21(27-29(19)20)17-12-16(10-11-18(17)32-8-2)13-24-15(4)23(31)28(5)6/h10-12,15,24H,7-9,13H2,1-6H3,(H,26,27,30)/t15-/m0/s1. The van der Waals surface area contributed by atoms with E-state index in [1.54, 1.807) is 23.5 Å². The number of carbonyl (C=O) groups is 1. The summed E-state index contributed by atoms with van der Waals surface area (Å²) in [5, 5.41) is 7.95. The van der Waals surface area contributed by atoms with Crippen molar-refractivity contribution in [1.82, 2.24) is 29.8 Å². The summed E-state index contributed by atoms with van der Waals surface area (Å²) < 4.78 is 7.45. The molecule has 0 spiro atoms. The molecule has 0 aliphatic heterocycles. The second kappa shape index (κ2) is 9.95. The van der Waals surface area contributed by atoms with Crippen LogP contribution >= 0.6 is 0 Å². The van der Waals surface area contributed by atoms with Crippen LogP contribution in [0.25, 0.3) is 16.9 Å². The van der Waals surface area contributed by atoms with Crippen molar-refractivity contribution in [1.29, 1.82) is 0 Å². The van der Waals surface area contributed by atoms with Crippen LogP contribution in [0.5, 0.6) is 5.75 Å². The number of imidazole rings is 1. The zero-order valence-corrected chi connectivity index (χ0v) is 19.7. The third kappa shape index (κ3) is 4.83. The van der Waals surface area contributed by atoms with E-state index in [-0.39, 0.29) is 17.5 Å². The number of H-pyrrole nitrogens is 1. The highest BCUT2D eigenvalue weighted by molar-refractivity contribution is 5.80. The van der Waals surface area contributed by atoms with Gasteiger partial charge in [-0.3, -0.25) is 9.59 Å². The molecular weight excluding hydrogens is 408 g/mol. The third-order valence-electron chi connectivity index (χ3n) is 5.24. The normalized spacial score (nSPS) is 12.2. The van der Waals surface area contributed by atoms with E-state index in [4.69, 9.17) is 9.84 Å². The number of aryl methyl sites for hydroxylation is 2. The van der Waals surface area contributed by atoms with E-state index in [0.717, 1.165) is 24.2 Å². The van der Waals surface area contributed by atoms with Gasteiger partial charge in [0.2, 0.25) is 5.91 Å². The third-order valence-corrected chi connectivity index (χ3v) is 5.24. The molecule has 1 amide bonds.